The predicted molar refractivity (Wildman–Crippen MR) is 60.0 cm³/mol. The zero-order valence-electron chi connectivity index (χ0n) is 9.15. The molecule has 1 aliphatic rings. The van der Waals surface area contributed by atoms with Gasteiger partial charge in [0.15, 0.2) is 0 Å². The lowest BCUT2D eigenvalue weighted by Crippen LogP contribution is -2.13. The van der Waals surface area contributed by atoms with Gasteiger partial charge >= 0.3 is 0 Å². The predicted octanol–water partition coefficient (Wildman–Crippen LogP) is 2.53. The third-order valence-corrected chi connectivity index (χ3v) is 2.87. The van der Waals surface area contributed by atoms with E-state index in [1.165, 1.54) is 18.4 Å². The van der Waals surface area contributed by atoms with Gasteiger partial charge in [0.1, 0.15) is 5.75 Å². The van der Waals surface area contributed by atoms with Gasteiger partial charge in [0.05, 0.1) is 12.7 Å². The van der Waals surface area contributed by atoms with Crippen LogP contribution in [0, 0.1) is 12.8 Å². The molecule has 2 nitrogen and oxygen atoms in total. The Balaban J connectivity index is 1.70. The molecule has 1 atom stereocenters. The second-order valence-electron chi connectivity index (χ2n) is 4.35. The molecule has 1 fully saturated rings. The van der Waals surface area contributed by atoms with Crippen molar-refractivity contribution in [3.63, 3.8) is 0 Å². The first kappa shape index (κ1) is 10.5. The second kappa shape index (κ2) is 4.67. The van der Waals surface area contributed by atoms with E-state index in [0.29, 0.717) is 12.5 Å². The summed E-state index contributed by atoms with van der Waals surface area (Å²) in [5, 5.41) is 9.63. The summed E-state index contributed by atoms with van der Waals surface area (Å²) in [6.07, 6.45) is 2.96. The number of aryl methyl sites for hydroxylation is 1. The van der Waals surface area contributed by atoms with Gasteiger partial charge in [-0.05, 0) is 37.8 Å². The van der Waals surface area contributed by atoms with Gasteiger partial charge in [0.2, 0.25) is 0 Å². The van der Waals surface area contributed by atoms with Gasteiger partial charge in [-0.1, -0.05) is 17.7 Å². The van der Waals surface area contributed by atoms with Crippen molar-refractivity contribution in [3.05, 3.63) is 29.8 Å². The molecule has 0 heterocycles. The smallest absolute Gasteiger partial charge is 0.119 e. The molecule has 0 aliphatic heterocycles. The Bertz CT molecular complexity index is 301. The summed E-state index contributed by atoms with van der Waals surface area (Å²) in [7, 11) is 0. The highest BCUT2D eigenvalue weighted by Gasteiger charge is 2.29. The van der Waals surface area contributed by atoms with Crippen molar-refractivity contribution >= 4 is 0 Å². The third-order valence-electron chi connectivity index (χ3n) is 2.87. The molecule has 1 aromatic carbocycles. The maximum atomic E-state index is 9.63. The number of benzene rings is 1. The van der Waals surface area contributed by atoms with Crippen molar-refractivity contribution in [2.24, 2.45) is 5.92 Å². The first-order chi connectivity index (χ1) is 7.25. The fourth-order valence-corrected chi connectivity index (χ4v) is 1.65. The van der Waals surface area contributed by atoms with Crippen molar-refractivity contribution in [3.8, 4) is 5.75 Å². The molecule has 2 heteroatoms. The van der Waals surface area contributed by atoms with Crippen LogP contribution in [0.4, 0.5) is 0 Å². The van der Waals surface area contributed by atoms with Crippen LogP contribution in [0.25, 0.3) is 0 Å². The monoisotopic (exact) mass is 206 g/mol. The summed E-state index contributed by atoms with van der Waals surface area (Å²) in [5.41, 5.74) is 1.24. The van der Waals surface area contributed by atoms with Gasteiger partial charge in [-0.2, -0.15) is 0 Å². The van der Waals surface area contributed by atoms with Gasteiger partial charge in [-0.25, -0.2) is 0 Å². The minimum Gasteiger partial charge on any atom is -0.493 e. The van der Waals surface area contributed by atoms with Crippen LogP contribution in [-0.4, -0.2) is 17.8 Å². The third kappa shape index (κ3) is 3.24. The number of aliphatic hydroxyl groups is 1. The molecule has 1 N–H and O–H groups in total. The molecule has 15 heavy (non-hydrogen) atoms. The summed E-state index contributed by atoms with van der Waals surface area (Å²) in [4.78, 5) is 0. The summed E-state index contributed by atoms with van der Waals surface area (Å²) in [6.45, 7) is 2.67. The Morgan fingerprint density at radius 1 is 1.33 bits per heavy atom. The summed E-state index contributed by atoms with van der Waals surface area (Å²) in [5.74, 6) is 1.44. The van der Waals surface area contributed by atoms with Crippen LogP contribution in [0.1, 0.15) is 24.8 Å². The Kier molecular flexibility index (Phi) is 3.27. The lowest BCUT2D eigenvalue weighted by atomic mass is 10.2. The fraction of sp³-hybridized carbons (Fsp3) is 0.538. The molecule has 0 aromatic heterocycles. The molecule has 0 bridgehead atoms. The molecular formula is C13H18O2. The first-order valence-corrected chi connectivity index (χ1v) is 5.63. The Labute approximate surface area is 90.9 Å². The van der Waals surface area contributed by atoms with E-state index in [0.717, 1.165) is 12.2 Å². The zero-order chi connectivity index (χ0) is 10.7. The molecule has 0 spiro atoms. The van der Waals surface area contributed by atoms with Crippen LogP contribution in [0.15, 0.2) is 24.3 Å². The van der Waals surface area contributed by atoms with Gasteiger partial charge in [-0.3, -0.25) is 0 Å². The topological polar surface area (TPSA) is 29.5 Å². The van der Waals surface area contributed by atoms with E-state index in [-0.39, 0.29) is 6.10 Å². The van der Waals surface area contributed by atoms with Crippen molar-refractivity contribution in [1.29, 1.82) is 0 Å². The number of ether oxygens (including phenoxy) is 1. The number of hydrogen-bond donors (Lipinski definition) is 1. The highest BCUT2D eigenvalue weighted by Crippen LogP contribution is 2.33. The van der Waals surface area contributed by atoms with E-state index in [1.807, 2.05) is 24.3 Å². The maximum Gasteiger partial charge on any atom is 0.119 e. The average Bonchev–Trinajstić information content (AvgIpc) is 3.04. The van der Waals surface area contributed by atoms with E-state index >= 15 is 0 Å². The standard InChI is InChI=1S/C13H18O2/c1-10-2-6-12(7-3-10)15-9-8-13(14)11-4-5-11/h2-3,6-7,11,13-14H,4-5,8-9H2,1H3. The summed E-state index contributed by atoms with van der Waals surface area (Å²) in [6, 6.07) is 8.01. The van der Waals surface area contributed by atoms with Crippen LogP contribution in [0.2, 0.25) is 0 Å². The summed E-state index contributed by atoms with van der Waals surface area (Å²) < 4.78 is 5.55. The SMILES string of the molecule is Cc1ccc(OCCC(O)C2CC2)cc1. The maximum absolute atomic E-state index is 9.63. The van der Waals surface area contributed by atoms with Crippen LogP contribution >= 0.6 is 0 Å². The van der Waals surface area contributed by atoms with Crippen LogP contribution in [0.3, 0.4) is 0 Å². The molecule has 1 saturated carbocycles. The minimum atomic E-state index is -0.157. The van der Waals surface area contributed by atoms with Crippen LogP contribution in [0.5, 0.6) is 5.75 Å². The van der Waals surface area contributed by atoms with Crippen LogP contribution in [-0.2, 0) is 0 Å². The quantitative estimate of drug-likeness (QED) is 0.802. The summed E-state index contributed by atoms with van der Waals surface area (Å²) >= 11 is 0. The molecule has 1 aromatic rings. The number of rotatable bonds is 5. The number of aliphatic hydroxyl groups excluding tert-OH is 1. The lowest BCUT2D eigenvalue weighted by Gasteiger charge is -2.10. The van der Waals surface area contributed by atoms with Gasteiger partial charge in [-0.15, -0.1) is 0 Å². The largest absolute Gasteiger partial charge is 0.493 e. The van der Waals surface area contributed by atoms with Gasteiger partial charge in [0.25, 0.3) is 0 Å². The molecule has 1 unspecified atom stereocenters. The van der Waals surface area contributed by atoms with Crippen molar-refractivity contribution < 1.29 is 9.84 Å². The molecule has 82 valence electrons. The normalized spacial score (nSPS) is 17.5. The Hall–Kier alpha value is -1.02. The highest BCUT2D eigenvalue weighted by molar-refractivity contribution is 5.26. The molecule has 2 rings (SSSR count). The second-order valence-corrected chi connectivity index (χ2v) is 4.35. The van der Waals surface area contributed by atoms with Gasteiger partial charge in [0, 0.05) is 6.42 Å². The Morgan fingerprint density at radius 2 is 2.00 bits per heavy atom. The van der Waals surface area contributed by atoms with E-state index in [9.17, 15) is 5.11 Å². The van der Waals surface area contributed by atoms with E-state index in [1.54, 1.807) is 0 Å². The fourth-order valence-electron chi connectivity index (χ4n) is 1.65. The van der Waals surface area contributed by atoms with E-state index in [2.05, 4.69) is 6.92 Å². The van der Waals surface area contributed by atoms with E-state index in [4.69, 9.17) is 4.74 Å². The zero-order valence-corrected chi connectivity index (χ0v) is 9.15. The lowest BCUT2D eigenvalue weighted by molar-refractivity contribution is 0.119. The Morgan fingerprint density at radius 3 is 2.60 bits per heavy atom. The first-order valence-electron chi connectivity index (χ1n) is 5.63. The number of hydrogen-bond acceptors (Lipinski definition) is 2. The molecule has 0 radical (unpaired) electrons. The molecular weight excluding hydrogens is 188 g/mol. The van der Waals surface area contributed by atoms with E-state index < -0.39 is 0 Å². The minimum absolute atomic E-state index is 0.157. The molecule has 1 aliphatic carbocycles. The average molecular weight is 206 g/mol. The van der Waals surface area contributed by atoms with Crippen LogP contribution < -0.4 is 4.74 Å². The molecule has 0 saturated heterocycles. The van der Waals surface area contributed by atoms with Crippen molar-refractivity contribution in [2.75, 3.05) is 6.61 Å². The van der Waals surface area contributed by atoms with Crippen molar-refractivity contribution in [2.45, 2.75) is 32.3 Å². The van der Waals surface area contributed by atoms with Gasteiger partial charge < -0.3 is 9.84 Å². The molecule has 0 amide bonds. The van der Waals surface area contributed by atoms with Crippen molar-refractivity contribution in [1.82, 2.24) is 0 Å². The highest BCUT2D eigenvalue weighted by atomic mass is 16.5.